The van der Waals surface area contributed by atoms with Gasteiger partial charge in [-0.2, -0.15) is 0 Å². The van der Waals surface area contributed by atoms with Gasteiger partial charge in [-0.25, -0.2) is 0 Å². The second kappa shape index (κ2) is 4.56. The fourth-order valence-electron chi connectivity index (χ4n) is 1.78. The second-order valence-electron chi connectivity index (χ2n) is 3.93. The van der Waals surface area contributed by atoms with Gasteiger partial charge in [0.2, 0.25) is 5.89 Å². The van der Waals surface area contributed by atoms with Gasteiger partial charge in [-0.15, -0.1) is 10.2 Å². The van der Waals surface area contributed by atoms with E-state index in [0.29, 0.717) is 41.1 Å². The van der Waals surface area contributed by atoms with Gasteiger partial charge < -0.3 is 9.40 Å². The van der Waals surface area contributed by atoms with Crippen LogP contribution in [0.25, 0.3) is 11.6 Å². The zero-order valence-corrected chi connectivity index (χ0v) is 10.4. The number of hydrogen-bond donors (Lipinski definition) is 1. The quantitative estimate of drug-likeness (QED) is 0.660. The predicted octanol–water partition coefficient (Wildman–Crippen LogP) is 2.09. The Morgan fingerprint density at radius 3 is 2.61 bits per heavy atom. The van der Waals surface area contributed by atoms with Gasteiger partial charge in [0.05, 0.1) is 5.69 Å². The number of aromatic amines is 1. The molecule has 2 aromatic rings. The topological polar surface area (TPSA) is 88.8 Å². The Balaban J connectivity index is 2.61. The average Bonchev–Trinajstić information content (AvgIpc) is 2.92. The van der Waals surface area contributed by atoms with E-state index in [1.807, 2.05) is 0 Å². The summed E-state index contributed by atoms with van der Waals surface area (Å²) in [4.78, 5) is 25.8. The molecule has 0 bridgehead atoms. The Morgan fingerprint density at radius 1 is 1.39 bits per heavy atom. The Labute approximate surface area is 103 Å². The molecule has 2 rings (SSSR count). The lowest BCUT2D eigenvalue weighted by atomic mass is 10.1. The van der Waals surface area contributed by atoms with Gasteiger partial charge in [-0.1, -0.05) is 6.92 Å². The van der Waals surface area contributed by atoms with Crippen molar-refractivity contribution in [3.05, 3.63) is 22.7 Å². The summed E-state index contributed by atoms with van der Waals surface area (Å²) in [6.45, 7) is 5.14. The normalized spacial score (nSPS) is 10.6. The maximum atomic E-state index is 11.7. The number of nitrogens with zero attached hydrogens (tertiary/aromatic N) is 2. The number of aromatic nitrogens is 3. The lowest BCUT2D eigenvalue weighted by molar-refractivity contribution is 0.0983. The van der Waals surface area contributed by atoms with E-state index in [9.17, 15) is 9.59 Å². The van der Waals surface area contributed by atoms with Crippen LogP contribution >= 0.6 is 0 Å². The van der Waals surface area contributed by atoms with E-state index in [0.717, 1.165) is 0 Å². The van der Waals surface area contributed by atoms with Crippen molar-refractivity contribution >= 4 is 12.1 Å². The standard InChI is InChI=1S/C12H13N3O3/c1-4-9(17)10-6(2)8(5-16)11(13-10)12-15-14-7(3)18-12/h5,13H,4H2,1-3H3. The van der Waals surface area contributed by atoms with E-state index >= 15 is 0 Å². The molecular weight excluding hydrogens is 234 g/mol. The molecule has 0 amide bonds. The molecule has 0 unspecified atom stereocenters. The van der Waals surface area contributed by atoms with Gasteiger partial charge in [-0.3, -0.25) is 9.59 Å². The first-order valence-electron chi connectivity index (χ1n) is 5.59. The van der Waals surface area contributed by atoms with Crippen LogP contribution in [0.15, 0.2) is 4.42 Å². The molecule has 2 aromatic heterocycles. The molecule has 6 nitrogen and oxygen atoms in total. The molecule has 0 aliphatic rings. The van der Waals surface area contributed by atoms with E-state index < -0.39 is 0 Å². The molecule has 94 valence electrons. The first-order chi connectivity index (χ1) is 8.58. The Bertz CT molecular complexity index is 610. The fraction of sp³-hybridized carbons (Fsp3) is 0.333. The molecule has 0 radical (unpaired) electrons. The lowest BCUT2D eigenvalue weighted by Gasteiger charge is -1.94. The van der Waals surface area contributed by atoms with Crippen LogP contribution in [-0.4, -0.2) is 27.3 Å². The van der Waals surface area contributed by atoms with Crippen LogP contribution in [0, 0.1) is 13.8 Å². The number of nitrogens with one attached hydrogen (secondary N) is 1. The lowest BCUT2D eigenvalue weighted by Crippen LogP contribution is -1.99. The van der Waals surface area contributed by atoms with Crippen molar-refractivity contribution in [2.75, 3.05) is 0 Å². The Kier molecular flexibility index (Phi) is 3.10. The highest BCUT2D eigenvalue weighted by Gasteiger charge is 2.21. The summed E-state index contributed by atoms with van der Waals surface area (Å²) in [7, 11) is 0. The summed E-state index contributed by atoms with van der Waals surface area (Å²) in [5.74, 6) is 0.559. The van der Waals surface area contributed by atoms with Crippen LogP contribution in [0.3, 0.4) is 0 Å². The molecule has 0 atom stereocenters. The largest absolute Gasteiger partial charge is 0.420 e. The number of aldehydes is 1. The van der Waals surface area contributed by atoms with Crippen molar-refractivity contribution in [3.8, 4) is 11.6 Å². The van der Waals surface area contributed by atoms with E-state index in [2.05, 4.69) is 15.2 Å². The maximum Gasteiger partial charge on any atom is 0.264 e. The molecule has 0 fully saturated rings. The van der Waals surface area contributed by atoms with Crippen LogP contribution in [-0.2, 0) is 0 Å². The summed E-state index contributed by atoms with van der Waals surface area (Å²) in [6, 6.07) is 0. The zero-order valence-electron chi connectivity index (χ0n) is 10.4. The first kappa shape index (κ1) is 12.2. The molecule has 0 aliphatic carbocycles. The minimum Gasteiger partial charge on any atom is -0.420 e. The third kappa shape index (κ3) is 1.85. The van der Waals surface area contributed by atoms with E-state index in [1.165, 1.54) is 0 Å². The number of rotatable bonds is 4. The number of ketones is 1. The van der Waals surface area contributed by atoms with Gasteiger partial charge in [0.15, 0.2) is 12.1 Å². The molecule has 18 heavy (non-hydrogen) atoms. The number of H-pyrrole nitrogens is 1. The number of aryl methyl sites for hydroxylation is 1. The van der Waals surface area contributed by atoms with Crippen LogP contribution in [0.1, 0.15) is 45.6 Å². The van der Waals surface area contributed by atoms with Crippen LogP contribution < -0.4 is 0 Å². The summed E-state index contributed by atoms with van der Waals surface area (Å²) in [5.41, 5.74) is 1.82. The molecular formula is C12H13N3O3. The summed E-state index contributed by atoms with van der Waals surface area (Å²) >= 11 is 0. The van der Waals surface area contributed by atoms with Gasteiger partial charge in [-0.05, 0) is 12.5 Å². The zero-order chi connectivity index (χ0) is 13.3. The number of carbonyl (C=O) groups excluding carboxylic acids is 2. The van der Waals surface area contributed by atoms with Gasteiger partial charge >= 0.3 is 0 Å². The summed E-state index contributed by atoms with van der Waals surface area (Å²) < 4.78 is 5.27. The van der Waals surface area contributed by atoms with Gasteiger partial charge in [0.1, 0.15) is 5.69 Å². The predicted molar refractivity (Wildman–Crippen MR) is 63.6 cm³/mol. The first-order valence-corrected chi connectivity index (χ1v) is 5.59. The molecule has 0 aliphatic heterocycles. The van der Waals surface area contributed by atoms with Crippen molar-refractivity contribution in [2.45, 2.75) is 27.2 Å². The monoisotopic (exact) mass is 247 g/mol. The second-order valence-corrected chi connectivity index (χ2v) is 3.93. The van der Waals surface area contributed by atoms with Crippen LogP contribution in [0.5, 0.6) is 0 Å². The SMILES string of the molecule is CCC(=O)c1[nH]c(-c2nnc(C)o2)c(C=O)c1C. The van der Waals surface area contributed by atoms with E-state index in [1.54, 1.807) is 20.8 Å². The fourth-order valence-corrected chi connectivity index (χ4v) is 1.78. The Hall–Kier alpha value is -2.24. The molecule has 0 saturated heterocycles. The van der Waals surface area contributed by atoms with E-state index in [4.69, 9.17) is 4.42 Å². The number of carbonyl (C=O) groups is 2. The Morgan fingerprint density at radius 2 is 2.11 bits per heavy atom. The third-order valence-corrected chi connectivity index (χ3v) is 2.76. The van der Waals surface area contributed by atoms with Crippen molar-refractivity contribution in [1.29, 1.82) is 0 Å². The van der Waals surface area contributed by atoms with Crippen molar-refractivity contribution in [2.24, 2.45) is 0 Å². The number of Topliss-reactive ketones (excluding diaryl/α,β-unsaturated/α-hetero) is 1. The molecule has 0 spiro atoms. The van der Waals surface area contributed by atoms with E-state index in [-0.39, 0.29) is 11.7 Å². The van der Waals surface area contributed by atoms with Gasteiger partial charge in [0, 0.05) is 18.9 Å². The number of hydrogen-bond acceptors (Lipinski definition) is 5. The minimum atomic E-state index is -0.0573. The molecule has 6 heteroatoms. The molecule has 0 saturated carbocycles. The highest BCUT2D eigenvalue weighted by atomic mass is 16.4. The summed E-state index contributed by atoms with van der Waals surface area (Å²) in [6.07, 6.45) is 1.05. The van der Waals surface area contributed by atoms with Crippen LogP contribution in [0.4, 0.5) is 0 Å². The third-order valence-electron chi connectivity index (χ3n) is 2.76. The van der Waals surface area contributed by atoms with Crippen molar-refractivity contribution in [3.63, 3.8) is 0 Å². The highest BCUT2D eigenvalue weighted by molar-refractivity contribution is 6.00. The van der Waals surface area contributed by atoms with Crippen LogP contribution in [0.2, 0.25) is 0 Å². The summed E-state index contributed by atoms with van der Waals surface area (Å²) in [5, 5.41) is 7.55. The smallest absolute Gasteiger partial charge is 0.264 e. The van der Waals surface area contributed by atoms with Crippen molar-refractivity contribution < 1.29 is 14.0 Å². The highest BCUT2D eigenvalue weighted by Crippen LogP contribution is 2.26. The minimum absolute atomic E-state index is 0.0573. The maximum absolute atomic E-state index is 11.7. The van der Waals surface area contributed by atoms with Gasteiger partial charge in [0.25, 0.3) is 5.89 Å². The molecule has 2 heterocycles. The van der Waals surface area contributed by atoms with Crippen molar-refractivity contribution in [1.82, 2.24) is 15.2 Å². The molecule has 1 N–H and O–H groups in total. The average molecular weight is 247 g/mol. The molecule has 0 aromatic carbocycles.